The number of hydrogen-bond acceptors (Lipinski definition) is 6. The summed E-state index contributed by atoms with van der Waals surface area (Å²) in [6, 6.07) is 0. The van der Waals surface area contributed by atoms with E-state index >= 15 is 4.39 Å². The van der Waals surface area contributed by atoms with Crippen LogP contribution in [-0.4, -0.2) is 59.2 Å². The number of benzene rings is 1. The number of likely N-dealkylation sites (tertiary alicyclic amines) is 1. The molecule has 1 fully saturated rings. The van der Waals surface area contributed by atoms with Crippen molar-refractivity contribution < 1.29 is 14.3 Å². The molecule has 4 heterocycles. The molecule has 1 aliphatic rings. The van der Waals surface area contributed by atoms with E-state index < -0.39 is 11.4 Å². The molecular weight excluding hydrogens is 437 g/mol. The topological polar surface area (TPSA) is 111 Å². The number of aromatic nitrogens is 5. The van der Waals surface area contributed by atoms with E-state index in [9.17, 15) is 9.90 Å². The van der Waals surface area contributed by atoms with Crippen LogP contribution < -0.4 is 5.32 Å². The lowest BCUT2D eigenvalue weighted by atomic mass is 10.0. The third-order valence-corrected chi connectivity index (χ3v) is 6.06. The number of β-amino-alcohol motifs (C(OH)–C–C–N with tert-alkyl or cyclic N) is 1. The Morgan fingerprint density at radius 1 is 1.41 bits per heavy atom. The summed E-state index contributed by atoms with van der Waals surface area (Å²) in [6.07, 6.45) is 7.08. The molecule has 1 atom stereocenters. The number of carbonyl (C=O) groups is 1. The Kier molecular flexibility index (Phi) is 4.88. The molecule has 3 aromatic heterocycles. The average Bonchev–Trinajstić information content (AvgIpc) is 3.42. The highest BCUT2D eigenvalue weighted by Gasteiger charge is 2.33. The minimum atomic E-state index is -0.784. The number of nitrogens with one attached hydrogen (secondary N) is 2. The van der Waals surface area contributed by atoms with Gasteiger partial charge < -0.3 is 14.8 Å². The van der Waals surface area contributed by atoms with Gasteiger partial charge in [-0.3, -0.25) is 19.8 Å². The second kappa shape index (κ2) is 7.51. The van der Waals surface area contributed by atoms with Gasteiger partial charge in [-0.05, 0) is 13.3 Å². The smallest absolute Gasteiger partial charge is 0.222 e. The number of carbonyl (C=O) groups excluding carboxylic acids is 1. The Morgan fingerprint density at radius 3 is 2.94 bits per heavy atom. The zero-order valence-electron chi connectivity index (χ0n) is 17.5. The normalized spacial score (nSPS) is 19.3. The van der Waals surface area contributed by atoms with Crippen molar-refractivity contribution in [1.82, 2.24) is 29.5 Å². The first-order valence-corrected chi connectivity index (χ1v) is 10.5. The van der Waals surface area contributed by atoms with Gasteiger partial charge in [-0.2, -0.15) is 5.10 Å². The van der Waals surface area contributed by atoms with Gasteiger partial charge in [0.15, 0.2) is 11.5 Å². The fourth-order valence-corrected chi connectivity index (χ4v) is 4.55. The van der Waals surface area contributed by atoms with Crippen molar-refractivity contribution in [2.24, 2.45) is 0 Å². The maximum absolute atomic E-state index is 15.5. The van der Waals surface area contributed by atoms with E-state index in [4.69, 9.17) is 11.6 Å². The minimum Gasteiger partial charge on any atom is -0.389 e. The number of rotatable bonds is 4. The van der Waals surface area contributed by atoms with Crippen molar-refractivity contribution in [1.29, 1.82) is 0 Å². The second-order valence-electron chi connectivity index (χ2n) is 8.44. The molecule has 1 amide bonds. The van der Waals surface area contributed by atoms with Crippen LogP contribution in [0.4, 0.5) is 10.2 Å². The first kappa shape index (κ1) is 20.8. The molecule has 3 N–H and O–H groups in total. The standard InChI is InChI=1S/C21H21ClFN7O2/c1-11(31)26-15-9-30-8-14(24-6-16(30)27-15)17-12-5-25-28-20(12)13(19(23)18(17)22)7-29-4-3-21(2,32)10-29/h5-6,8-9,32H,3-4,7,10H2,1-2H3,(H,25,28)(H,26,31). The lowest BCUT2D eigenvalue weighted by Gasteiger charge is -2.20. The first-order chi connectivity index (χ1) is 15.2. The van der Waals surface area contributed by atoms with Crippen molar-refractivity contribution in [3.63, 3.8) is 0 Å². The van der Waals surface area contributed by atoms with E-state index in [0.29, 0.717) is 65.2 Å². The number of anilines is 1. The number of H-pyrrole nitrogens is 1. The number of halogens is 2. The Bertz CT molecular complexity index is 1360. The van der Waals surface area contributed by atoms with Crippen molar-refractivity contribution in [3.8, 4) is 11.3 Å². The molecule has 4 aromatic rings. The van der Waals surface area contributed by atoms with Gasteiger partial charge in [0, 0.05) is 49.3 Å². The predicted molar refractivity (Wildman–Crippen MR) is 118 cm³/mol. The van der Waals surface area contributed by atoms with Crippen LogP contribution >= 0.6 is 11.6 Å². The Balaban J connectivity index is 1.59. The summed E-state index contributed by atoms with van der Waals surface area (Å²) in [4.78, 5) is 22.0. The van der Waals surface area contributed by atoms with Gasteiger partial charge in [0.2, 0.25) is 5.91 Å². The molecule has 0 bridgehead atoms. The number of fused-ring (bicyclic) bond motifs is 2. The summed E-state index contributed by atoms with van der Waals surface area (Å²) >= 11 is 6.53. The van der Waals surface area contributed by atoms with E-state index in [2.05, 4.69) is 25.5 Å². The van der Waals surface area contributed by atoms with Gasteiger partial charge in [0.1, 0.15) is 5.82 Å². The summed E-state index contributed by atoms with van der Waals surface area (Å²) in [5, 5.41) is 20.5. The number of aliphatic hydroxyl groups is 1. The molecule has 11 heteroatoms. The SMILES string of the molecule is CC(=O)Nc1cn2cc(-c3c(Cl)c(F)c(CN4CCC(C)(O)C4)c4[nH]ncc34)ncc2n1. The average molecular weight is 458 g/mol. The van der Waals surface area contributed by atoms with Gasteiger partial charge in [-0.15, -0.1) is 0 Å². The van der Waals surface area contributed by atoms with E-state index in [1.165, 1.54) is 13.1 Å². The van der Waals surface area contributed by atoms with Crippen molar-refractivity contribution >= 4 is 39.9 Å². The fraction of sp³-hybridized carbons (Fsp3) is 0.333. The molecule has 1 aromatic carbocycles. The van der Waals surface area contributed by atoms with E-state index in [1.807, 2.05) is 4.90 Å². The Labute approximate surface area is 187 Å². The Hall–Kier alpha value is -3.08. The van der Waals surface area contributed by atoms with Crippen molar-refractivity contribution in [2.45, 2.75) is 32.4 Å². The van der Waals surface area contributed by atoms with Crippen LogP contribution in [0, 0.1) is 5.82 Å². The third kappa shape index (κ3) is 3.60. The molecule has 32 heavy (non-hydrogen) atoms. The second-order valence-corrected chi connectivity index (χ2v) is 8.82. The zero-order chi connectivity index (χ0) is 22.6. The molecule has 1 saturated heterocycles. The van der Waals surface area contributed by atoms with Crippen LogP contribution in [0.5, 0.6) is 0 Å². The Morgan fingerprint density at radius 2 is 2.22 bits per heavy atom. The van der Waals surface area contributed by atoms with Gasteiger partial charge in [0.05, 0.1) is 40.4 Å². The van der Waals surface area contributed by atoms with Crippen LogP contribution in [0.15, 0.2) is 24.8 Å². The third-order valence-electron chi connectivity index (χ3n) is 5.70. The van der Waals surface area contributed by atoms with Crippen LogP contribution in [0.25, 0.3) is 27.8 Å². The highest BCUT2D eigenvalue weighted by Crippen LogP contribution is 2.39. The highest BCUT2D eigenvalue weighted by atomic mass is 35.5. The molecule has 166 valence electrons. The van der Waals surface area contributed by atoms with Gasteiger partial charge in [-0.25, -0.2) is 9.37 Å². The number of aromatic amines is 1. The molecule has 9 nitrogen and oxygen atoms in total. The van der Waals surface area contributed by atoms with Gasteiger partial charge in [0.25, 0.3) is 0 Å². The molecule has 0 spiro atoms. The molecule has 5 rings (SSSR count). The van der Waals surface area contributed by atoms with E-state index in [0.717, 1.165) is 0 Å². The summed E-state index contributed by atoms with van der Waals surface area (Å²) in [6.45, 7) is 4.60. The highest BCUT2D eigenvalue weighted by molar-refractivity contribution is 6.35. The fourth-order valence-electron chi connectivity index (χ4n) is 4.24. The summed E-state index contributed by atoms with van der Waals surface area (Å²) in [5.74, 6) is -0.391. The summed E-state index contributed by atoms with van der Waals surface area (Å²) in [7, 11) is 0. The van der Waals surface area contributed by atoms with Crippen LogP contribution in [0.1, 0.15) is 25.8 Å². The maximum Gasteiger partial charge on any atom is 0.222 e. The maximum atomic E-state index is 15.5. The molecule has 0 saturated carbocycles. The van der Waals surface area contributed by atoms with Gasteiger partial charge in [-0.1, -0.05) is 11.6 Å². The summed E-state index contributed by atoms with van der Waals surface area (Å²) in [5.41, 5.74) is 1.54. The zero-order valence-corrected chi connectivity index (χ0v) is 18.2. The quantitative estimate of drug-likeness (QED) is 0.434. The molecule has 0 aliphatic carbocycles. The van der Waals surface area contributed by atoms with Gasteiger partial charge >= 0.3 is 0 Å². The number of hydrogen-bond donors (Lipinski definition) is 3. The van der Waals surface area contributed by atoms with Crippen LogP contribution in [0.2, 0.25) is 5.02 Å². The summed E-state index contributed by atoms with van der Waals surface area (Å²) < 4.78 is 17.2. The molecular formula is C21H21ClFN7O2. The lowest BCUT2D eigenvalue weighted by Crippen LogP contribution is -2.29. The van der Waals surface area contributed by atoms with Crippen molar-refractivity contribution in [3.05, 3.63) is 41.2 Å². The lowest BCUT2D eigenvalue weighted by molar-refractivity contribution is -0.114. The molecule has 1 unspecified atom stereocenters. The predicted octanol–water partition coefficient (Wildman–Crippen LogP) is 2.98. The van der Waals surface area contributed by atoms with Crippen molar-refractivity contribution in [2.75, 3.05) is 18.4 Å². The first-order valence-electron chi connectivity index (χ1n) is 10.1. The molecule has 1 aliphatic heterocycles. The monoisotopic (exact) mass is 457 g/mol. The minimum absolute atomic E-state index is 0.0473. The molecule has 0 radical (unpaired) electrons. The number of amides is 1. The van der Waals surface area contributed by atoms with Crippen LogP contribution in [0.3, 0.4) is 0 Å². The van der Waals surface area contributed by atoms with E-state index in [-0.39, 0.29) is 10.9 Å². The van der Waals surface area contributed by atoms with E-state index in [1.54, 1.807) is 29.9 Å². The largest absolute Gasteiger partial charge is 0.389 e. The number of nitrogens with zero attached hydrogens (tertiary/aromatic N) is 5. The number of imidazole rings is 1. The van der Waals surface area contributed by atoms with Crippen LogP contribution in [-0.2, 0) is 11.3 Å².